The van der Waals surface area contributed by atoms with Crippen molar-refractivity contribution in [3.05, 3.63) is 29.6 Å². The largest absolute Gasteiger partial charge is 0.497 e. The van der Waals surface area contributed by atoms with Crippen LogP contribution in [0, 0.1) is 11.7 Å². The van der Waals surface area contributed by atoms with E-state index in [1.165, 1.54) is 32.4 Å². The minimum absolute atomic E-state index is 0.179. The Balaban J connectivity index is 2.15. The fourth-order valence-electron chi connectivity index (χ4n) is 2.65. The molecule has 1 aromatic carbocycles. The molecule has 1 aromatic rings. The van der Waals surface area contributed by atoms with Gasteiger partial charge in [-0.25, -0.2) is 4.39 Å². The second-order valence-corrected chi connectivity index (χ2v) is 4.81. The molecule has 0 bridgehead atoms. The maximum Gasteiger partial charge on any atom is 0.131 e. The SMILES string of the molecule is COc1ccc(C(N)C2CCCCC2)c(F)c1. The molecule has 2 rings (SSSR count). The van der Waals surface area contributed by atoms with Gasteiger partial charge in [0.05, 0.1) is 7.11 Å². The first-order valence-electron chi connectivity index (χ1n) is 6.31. The number of nitrogens with two attached hydrogens (primary N) is 1. The summed E-state index contributed by atoms with van der Waals surface area (Å²) in [5.74, 6) is 0.719. The summed E-state index contributed by atoms with van der Waals surface area (Å²) in [5.41, 5.74) is 6.80. The number of halogens is 1. The van der Waals surface area contributed by atoms with Crippen LogP contribution in [0.4, 0.5) is 4.39 Å². The smallest absolute Gasteiger partial charge is 0.131 e. The highest BCUT2D eigenvalue weighted by atomic mass is 19.1. The predicted octanol–water partition coefficient (Wildman–Crippen LogP) is 3.41. The molecule has 1 atom stereocenters. The van der Waals surface area contributed by atoms with E-state index < -0.39 is 0 Å². The maximum absolute atomic E-state index is 13.9. The lowest BCUT2D eigenvalue weighted by Gasteiger charge is -2.28. The molecule has 1 aliphatic carbocycles. The minimum Gasteiger partial charge on any atom is -0.497 e. The molecule has 1 aliphatic rings. The van der Waals surface area contributed by atoms with Crippen LogP contribution >= 0.6 is 0 Å². The summed E-state index contributed by atoms with van der Waals surface area (Å²) in [7, 11) is 1.54. The van der Waals surface area contributed by atoms with Gasteiger partial charge in [-0.15, -0.1) is 0 Å². The molecule has 0 heterocycles. The summed E-state index contributed by atoms with van der Waals surface area (Å²) in [4.78, 5) is 0. The quantitative estimate of drug-likeness (QED) is 0.874. The van der Waals surface area contributed by atoms with E-state index >= 15 is 0 Å². The van der Waals surface area contributed by atoms with E-state index in [0.717, 1.165) is 12.8 Å². The molecule has 2 nitrogen and oxygen atoms in total. The van der Waals surface area contributed by atoms with Gasteiger partial charge in [0.15, 0.2) is 0 Å². The molecule has 0 aliphatic heterocycles. The average Bonchev–Trinajstić information content (AvgIpc) is 2.39. The van der Waals surface area contributed by atoms with Crippen molar-refractivity contribution in [2.45, 2.75) is 38.1 Å². The van der Waals surface area contributed by atoms with Gasteiger partial charge >= 0.3 is 0 Å². The molecule has 17 heavy (non-hydrogen) atoms. The van der Waals surface area contributed by atoms with Gasteiger partial charge in [-0.1, -0.05) is 25.3 Å². The van der Waals surface area contributed by atoms with Crippen molar-refractivity contribution in [2.24, 2.45) is 11.7 Å². The van der Waals surface area contributed by atoms with Crippen LogP contribution in [0.3, 0.4) is 0 Å². The Bertz CT molecular complexity index is 374. The van der Waals surface area contributed by atoms with E-state index in [0.29, 0.717) is 17.2 Å². The van der Waals surface area contributed by atoms with Crippen molar-refractivity contribution in [3.8, 4) is 5.75 Å². The zero-order valence-electron chi connectivity index (χ0n) is 10.3. The summed E-state index contributed by atoms with van der Waals surface area (Å²) in [5, 5.41) is 0. The highest BCUT2D eigenvalue weighted by molar-refractivity contribution is 5.31. The Morgan fingerprint density at radius 3 is 2.59 bits per heavy atom. The molecular weight excluding hydrogens is 217 g/mol. The van der Waals surface area contributed by atoms with Crippen LogP contribution in [0.2, 0.25) is 0 Å². The average molecular weight is 237 g/mol. The highest BCUT2D eigenvalue weighted by Gasteiger charge is 2.24. The Labute approximate surface area is 102 Å². The Kier molecular flexibility index (Phi) is 4.00. The zero-order valence-corrected chi connectivity index (χ0v) is 10.3. The molecule has 0 saturated heterocycles. The molecular formula is C14H20FNO. The van der Waals surface area contributed by atoms with Gasteiger partial charge in [-0.3, -0.25) is 0 Å². The highest BCUT2D eigenvalue weighted by Crippen LogP contribution is 2.34. The van der Waals surface area contributed by atoms with Crippen LogP contribution in [0.25, 0.3) is 0 Å². The Hall–Kier alpha value is -1.09. The molecule has 0 amide bonds. The number of hydrogen-bond acceptors (Lipinski definition) is 2. The first-order valence-corrected chi connectivity index (χ1v) is 6.31. The maximum atomic E-state index is 13.9. The number of ether oxygens (including phenoxy) is 1. The van der Waals surface area contributed by atoms with Crippen molar-refractivity contribution in [2.75, 3.05) is 7.11 Å². The normalized spacial score (nSPS) is 19.0. The van der Waals surface area contributed by atoms with Gasteiger partial charge in [-0.2, -0.15) is 0 Å². The molecule has 2 N–H and O–H groups in total. The van der Waals surface area contributed by atoms with E-state index in [2.05, 4.69) is 0 Å². The standard InChI is InChI=1S/C14H20FNO/c1-17-11-7-8-12(13(15)9-11)14(16)10-5-3-2-4-6-10/h7-10,14H,2-6,16H2,1H3. The Morgan fingerprint density at radius 1 is 1.29 bits per heavy atom. The third-order valence-electron chi connectivity index (χ3n) is 3.72. The summed E-state index contributed by atoms with van der Waals surface area (Å²) in [6, 6.07) is 4.77. The van der Waals surface area contributed by atoms with Gasteiger partial charge in [0.25, 0.3) is 0 Å². The van der Waals surface area contributed by atoms with Gasteiger partial charge in [-0.05, 0) is 24.8 Å². The van der Waals surface area contributed by atoms with E-state index in [1.54, 1.807) is 12.1 Å². The molecule has 0 radical (unpaired) electrons. The van der Waals surface area contributed by atoms with Crippen LogP contribution in [0.1, 0.15) is 43.7 Å². The van der Waals surface area contributed by atoms with E-state index in [9.17, 15) is 4.39 Å². The fourth-order valence-corrected chi connectivity index (χ4v) is 2.65. The monoisotopic (exact) mass is 237 g/mol. The van der Waals surface area contributed by atoms with Gasteiger partial charge in [0.1, 0.15) is 11.6 Å². The molecule has 0 spiro atoms. The lowest BCUT2D eigenvalue weighted by atomic mass is 9.81. The van der Waals surface area contributed by atoms with Crippen molar-refractivity contribution < 1.29 is 9.13 Å². The van der Waals surface area contributed by atoms with Crippen LogP contribution in [0.15, 0.2) is 18.2 Å². The van der Waals surface area contributed by atoms with Crippen molar-refractivity contribution in [3.63, 3.8) is 0 Å². The minimum atomic E-state index is -0.248. The molecule has 94 valence electrons. The van der Waals surface area contributed by atoms with Crippen molar-refractivity contribution >= 4 is 0 Å². The van der Waals surface area contributed by atoms with Crippen LogP contribution in [-0.2, 0) is 0 Å². The van der Waals surface area contributed by atoms with Gasteiger partial charge in [0, 0.05) is 17.7 Å². The Morgan fingerprint density at radius 2 is 2.00 bits per heavy atom. The third-order valence-corrected chi connectivity index (χ3v) is 3.72. The second kappa shape index (κ2) is 5.50. The third kappa shape index (κ3) is 2.78. The predicted molar refractivity (Wildman–Crippen MR) is 66.5 cm³/mol. The summed E-state index contributed by atoms with van der Waals surface area (Å²) < 4.78 is 18.9. The van der Waals surface area contributed by atoms with Crippen LogP contribution < -0.4 is 10.5 Å². The lowest BCUT2D eigenvalue weighted by molar-refractivity contribution is 0.303. The number of rotatable bonds is 3. The van der Waals surface area contributed by atoms with Crippen molar-refractivity contribution in [1.82, 2.24) is 0 Å². The topological polar surface area (TPSA) is 35.2 Å². The summed E-state index contributed by atoms with van der Waals surface area (Å²) in [6.07, 6.45) is 5.96. The number of benzene rings is 1. The zero-order chi connectivity index (χ0) is 12.3. The molecule has 3 heteroatoms. The van der Waals surface area contributed by atoms with E-state index in [4.69, 9.17) is 10.5 Å². The molecule has 0 aromatic heterocycles. The lowest BCUT2D eigenvalue weighted by Crippen LogP contribution is -2.24. The summed E-state index contributed by atoms with van der Waals surface area (Å²) >= 11 is 0. The van der Waals surface area contributed by atoms with E-state index in [1.807, 2.05) is 0 Å². The molecule has 1 unspecified atom stereocenters. The molecule has 1 fully saturated rings. The van der Waals surface area contributed by atoms with Gasteiger partial charge < -0.3 is 10.5 Å². The van der Waals surface area contributed by atoms with Crippen LogP contribution in [-0.4, -0.2) is 7.11 Å². The van der Waals surface area contributed by atoms with Gasteiger partial charge in [0.2, 0.25) is 0 Å². The van der Waals surface area contributed by atoms with Crippen molar-refractivity contribution in [1.29, 1.82) is 0 Å². The second-order valence-electron chi connectivity index (χ2n) is 4.81. The first-order chi connectivity index (χ1) is 8.22. The number of methoxy groups -OCH3 is 1. The fraction of sp³-hybridized carbons (Fsp3) is 0.571. The first kappa shape index (κ1) is 12.4. The van der Waals surface area contributed by atoms with E-state index in [-0.39, 0.29) is 11.9 Å². The molecule has 1 saturated carbocycles. The number of hydrogen-bond donors (Lipinski definition) is 1. The van der Waals surface area contributed by atoms with Crippen LogP contribution in [0.5, 0.6) is 5.75 Å². The summed E-state index contributed by atoms with van der Waals surface area (Å²) in [6.45, 7) is 0.